The van der Waals surface area contributed by atoms with E-state index in [1.807, 2.05) is 31.2 Å². The summed E-state index contributed by atoms with van der Waals surface area (Å²) in [6.45, 7) is 4.18. The molecule has 4 rings (SSSR count). The van der Waals surface area contributed by atoms with Gasteiger partial charge in [0.15, 0.2) is 5.43 Å². The molecule has 0 saturated heterocycles. The molecular formula is C23H21NO2S. The molecule has 4 heteroatoms. The SMILES string of the molecule is CCC1CCc2c(sc3cc(Oc4cc(C#N)ccc4C)ccc3c2=O)C1. The molecule has 136 valence electrons. The molecule has 1 heterocycles. The molecule has 3 nitrogen and oxygen atoms in total. The third-order valence-corrected chi connectivity index (χ3v) is 6.66. The summed E-state index contributed by atoms with van der Waals surface area (Å²) in [6.07, 6.45) is 4.19. The largest absolute Gasteiger partial charge is 0.457 e. The lowest BCUT2D eigenvalue weighted by molar-refractivity contribution is 0.448. The number of hydrogen-bond donors (Lipinski definition) is 0. The van der Waals surface area contributed by atoms with Crippen LogP contribution in [0.3, 0.4) is 0 Å². The van der Waals surface area contributed by atoms with Gasteiger partial charge < -0.3 is 4.74 Å². The van der Waals surface area contributed by atoms with Crippen LogP contribution in [0.5, 0.6) is 11.5 Å². The Morgan fingerprint density at radius 1 is 1.26 bits per heavy atom. The Bertz CT molecular complexity index is 1120. The summed E-state index contributed by atoms with van der Waals surface area (Å²) in [6, 6.07) is 13.2. The van der Waals surface area contributed by atoms with E-state index in [9.17, 15) is 4.79 Å². The summed E-state index contributed by atoms with van der Waals surface area (Å²) in [5.41, 5.74) is 2.74. The van der Waals surface area contributed by atoms with Crippen molar-refractivity contribution in [2.45, 2.75) is 39.5 Å². The number of nitriles is 1. The molecule has 0 bridgehead atoms. The summed E-state index contributed by atoms with van der Waals surface area (Å²) in [5, 5.41) is 9.89. The number of aryl methyl sites for hydroxylation is 1. The molecule has 1 atom stereocenters. The number of nitrogens with zero attached hydrogens (tertiary/aromatic N) is 1. The van der Waals surface area contributed by atoms with E-state index < -0.39 is 0 Å². The van der Waals surface area contributed by atoms with Crippen LogP contribution in [0.1, 0.15) is 41.3 Å². The number of rotatable bonds is 3. The quantitative estimate of drug-likeness (QED) is 0.586. The van der Waals surface area contributed by atoms with Gasteiger partial charge in [-0.25, -0.2) is 0 Å². The zero-order valence-electron chi connectivity index (χ0n) is 15.5. The van der Waals surface area contributed by atoms with E-state index in [0.29, 0.717) is 23.0 Å². The van der Waals surface area contributed by atoms with Crippen molar-refractivity contribution in [1.29, 1.82) is 5.26 Å². The topological polar surface area (TPSA) is 50.1 Å². The van der Waals surface area contributed by atoms with Crippen molar-refractivity contribution in [2.75, 3.05) is 0 Å². The summed E-state index contributed by atoms with van der Waals surface area (Å²) in [5.74, 6) is 2.05. The van der Waals surface area contributed by atoms with E-state index in [0.717, 1.165) is 46.9 Å². The molecule has 0 spiro atoms. The van der Waals surface area contributed by atoms with Crippen molar-refractivity contribution < 1.29 is 4.74 Å². The Morgan fingerprint density at radius 3 is 2.89 bits per heavy atom. The Labute approximate surface area is 162 Å². The third-order valence-electron chi connectivity index (χ3n) is 5.44. The molecule has 1 aromatic heterocycles. The third kappa shape index (κ3) is 3.36. The fraction of sp³-hybridized carbons (Fsp3) is 0.304. The lowest BCUT2D eigenvalue weighted by Crippen LogP contribution is -2.20. The molecule has 0 fully saturated rings. The maximum absolute atomic E-state index is 12.9. The van der Waals surface area contributed by atoms with Crippen LogP contribution in [0, 0.1) is 24.2 Å². The van der Waals surface area contributed by atoms with Gasteiger partial charge in [0, 0.05) is 20.5 Å². The Kier molecular flexibility index (Phi) is 4.72. The molecule has 0 amide bonds. The zero-order valence-corrected chi connectivity index (χ0v) is 16.4. The summed E-state index contributed by atoms with van der Waals surface area (Å²) in [7, 11) is 0. The molecule has 0 saturated carbocycles. The Morgan fingerprint density at radius 2 is 2.11 bits per heavy atom. The fourth-order valence-electron chi connectivity index (χ4n) is 3.71. The lowest BCUT2D eigenvalue weighted by Gasteiger charge is -2.22. The van der Waals surface area contributed by atoms with Gasteiger partial charge in [0.2, 0.25) is 0 Å². The predicted octanol–water partition coefficient (Wildman–Crippen LogP) is 5.75. The van der Waals surface area contributed by atoms with Crippen molar-refractivity contribution in [1.82, 2.24) is 0 Å². The van der Waals surface area contributed by atoms with Crippen LogP contribution in [-0.2, 0) is 12.8 Å². The normalized spacial score (nSPS) is 16.0. The van der Waals surface area contributed by atoms with Crippen LogP contribution < -0.4 is 10.2 Å². The Balaban J connectivity index is 1.75. The molecule has 0 aliphatic heterocycles. The van der Waals surface area contributed by atoms with Gasteiger partial charge in [0.1, 0.15) is 11.5 Å². The standard InChI is InChI=1S/C23H21NO2S/c1-3-15-6-8-18-21(11-15)27-22-12-17(7-9-19(22)23(18)25)26-20-10-16(13-24)5-4-14(20)2/h4-5,7,9-10,12,15H,3,6,8,11H2,1-2H3. The average molecular weight is 375 g/mol. The summed E-state index contributed by atoms with van der Waals surface area (Å²) >= 11 is 1.73. The lowest BCUT2D eigenvalue weighted by atomic mass is 9.87. The van der Waals surface area contributed by atoms with Crippen molar-refractivity contribution in [2.24, 2.45) is 5.92 Å². The van der Waals surface area contributed by atoms with E-state index >= 15 is 0 Å². The number of fused-ring (bicyclic) bond motifs is 2. The summed E-state index contributed by atoms with van der Waals surface area (Å²) in [4.78, 5) is 14.1. The van der Waals surface area contributed by atoms with Crippen LogP contribution in [0.25, 0.3) is 10.1 Å². The van der Waals surface area contributed by atoms with Gasteiger partial charge in [-0.15, -0.1) is 11.3 Å². The second-order valence-corrected chi connectivity index (χ2v) is 8.34. The van der Waals surface area contributed by atoms with Crippen LogP contribution in [0.2, 0.25) is 0 Å². The maximum Gasteiger partial charge on any atom is 0.191 e. The second kappa shape index (κ2) is 7.17. The molecule has 1 aliphatic carbocycles. The number of benzene rings is 2. The zero-order chi connectivity index (χ0) is 19.0. The first-order valence-electron chi connectivity index (χ1n) is 9.36. The minimum Gasteiger partial charge on any atom is -0.457 e. The molecule has 3 aromatic rings. The minimum atomic E-state index is 0.183. The fourth-order valence-corrected chi connectivity index (χ4v) is 5.06. The van der Waals surface area contributed by atoms with Crippen molar-refractivity contribution in [3.05, 3.63) is 68.2 Å². The Hall–Kier alpha value is -2.64. The first kappa shape index (κ1) is 17.8. The minimum absolute atomic E-state index is 0.183. The van der Waals surface area contributed by atoms with Gasteiger partial charge in [-0.3, -0.25) is 4.79 Å². The van der Waals surface area contributed by atoms with Crippen molar-refractivity contribution in [3.63, 3.8) is 0 Å². The number of hydrogen-bond acceptors (Lipinski definition) is 4. The van der Waals surface area contributed by atoms with Crippen LogP contribution in [0.15, 0.2) is 41.2 Å². The molecule has 27 heavy (non-hydrogen) atoms. The molecule has 1 aliphatic rings. The molecule has 2 aromatic carbocycles. The monoisotopic (exact) mass is 375 g/mol. The highest BCUT2D eigenvalue weighted by Gasteiger charge is 2.22. The van der Waals surface area contributed by atoms with Gasteiger partial charge in [0.05, 0.1) is 11.6 Å². The second-order valence-electron chi connectivity index (χ2n) is 7.20. The van der Waals surface area contributed by atoms with Crippen LogP contribution in [0.4, 0.5) is 0 Å². The van der Waals surface area contributed by atoms with Crippen molar-refractivity contribution >= 4 is 21.4 Å². The highest BCUT2D eigenvalue weighted by Crippen LogP contribution is 2.34. The molecule has 0 N–H and O–H groups in total. The van der Waals surface area contributed by atoms with Gasteiger partial charge in [-0.2, -0.15) is 5.26 Å². The number of ether oxygens (including phenoxy) is 1. The summed E-state index contributed by atoms with van der Waals surface area (Å²) < 4.78 is 7.01. The van der Waals surface area contributed by atoms with Gasteiger partial charge in [-0.1, -0.05) is 19.4 Å². The highest BCUT2D eigenvalue weighted by atomic mass is 32.1. The predicted molar refractivity (Wildman–Crippen MR) is 110 cm³/mol. The maximum atomic E-state index is 12.9. The molecule has 0 radical (unpaired) electrons. The van der Waals surface area contributed by atoms with E-state index in [-0.39, 0.29) is 5.43 Å². The van der Waals surface area contributed by atoms with Crippen LogP contribution in [-0.4, -0.2) is 0 Å². The van der Waals surface area contributed by atoms with E-state index in [1.165, 1.54) is 4.88 Å². The van der Waals surface area contributed by atoms with E-state index in [2.05, 4.69) is 13.0 Å². The van der Waals surface area contributed by atoms with Gasteiger partial charge >= 0.3 is 0 Å². The van der Waals surface area contributed by atoms with Crippen molar-refractivity contribution in [3.8, 4) is 17.6 Å². The van der Waals surface area contributed by atoms with E-state index in [1.54, 1.807) is 23.5 Å². The first-order valence-corrected chi connectivity index (χ1v) is 10.2. The molecule has 1 unspecified atom stereocenters. The highest BCUT2D eigenvalue weighted by molar-refractivity contribution is 7.18. The first-order chi connectivity index (χ1) is 13.1. The van der Waals surface area contributed by atoms with Gasteiger partial charge in [-0.05, 0) is 68.0 Å². The average Bonchev–Trinajstić information content (AvgIpc) is 2.69. The smallest absolute Gasteiger partial charge is 0.191 e. The van der Waals surface area contributed by atoms with E-state index in [4.69, 9.17) is 10.00 Å². The van der Waals surface area contributed by atoms with Gasteiger partial charge in [0.25, 0.3) is 0 Å². The van der Waals surface area contributed by atoms with Crippen LogP contribution >= 0.6 is 11.3 Å². The molecular weight excluding hydrogens is 354 g/mol.